The molecule has 9 heteroatoms. The van der Waals surface area contributed by atoms with Crippen LogP contribution in [0.5, 0.6) is 11.5 Å². The van der Waals surface area contributed by atoms with Crippen LogP contribution in [0.15, 0.2) is 131 Å². The van der Waals surface area contributed by atoms with E-state index in [9.17, 15) is 9.59 Å². The van der Waals surface area contributed by atoms with Crippen molar-refractivity contribution in [2.45, 2.75) is 10.1 Å². The second kappa shape index (κ2) is 13.4. The lowest BCUT2D eigenvalue weighted by atomic mass is 10.1. The Bertz CT molecular complexity index is 1920. The highest BCUT2D eigenvalue weighted by Crippen LogP contribution is 2.37. The van der Waals surface area contributed by atoms with Gasteiger partial charge in [-0.3, -0.25) is 9.59 Å². The number of rotatable bonds is 10. The summed E-state index contributed by atoms with van der Waals surface area (Å²) in [6, 6.07) is 37.0. The number of hydrogen-bond acceptors (Lipinski definition) is 7. The molecule has 0 aliphatic rings. The molecule has 8 nitrogen and oxygen atoms in total. The lowest BCUT2D eigenvalue weighted by Crippen LogP contribution is -2.19. The number of nitrogens with zero attached hydrogens (tertiary/aromatic N) is 1. The maximum atomic E-state index is 13.7. The van der Waals surface area contributed by atoms with E-state index in [1.807, 2.05) is 97.1 Å². The van der Waals surface area contributed by atoms with Crippen LogP contribution in [0.2, 0.25) is 0 Å². The summed E-state index contributed by atoms with van der Waals surface area (Å²) in [7, 11) is 3.07. The van der Waals surface area contributed by atoms with Crippen LogP contribution in [0, 0.1) is 0 Å². The number of hydrogen-bond donors (Lipinski definition) is 2. The van der Waals surface area contributed by atoms with Crippen LogP contribution >= 0.6 is 11.8 Å². The van der Waals surface area contributed by atoms with E-state index in [1.54, 1.807) is 31.4 Å². The van der Waals surface area contributed by atoms with Crippen molar-refractivity contribution in [3.8, 4) is 23.0 Å². The summed E-state index contributed by atoms with van der Waals surface area (Å²) in [5.74, 6) is 1.05. The van der Waals surface area contributed by atoms with Gasteiger partial charge in [-0.1, -0.05) is 48.5 Å². The number of methoxy groups -OCH3 is 2. The van der Waals surface area contributed by atoms with E-state index in [2.05, 4.69) is 15.6 Å². The summed E-state index contributed by atoms with van der Waals surface area (Å²) in [5.41, 5.74) is 4.84. The highest BCUT2D eigenvalue weighted by atomic mass is 32.2. The Morgan fingerprint density at radius 2 is 1.49 bits per heavy atom. The van der Waals surface area contributed by atoms with Crippen LogP contribution in [0.25, 0.3) is 22.6 Å². The zero-order valence-electron chi connectivity index (χ0n) is 24.5. The lowest BCUT2D eigenvalue weighted by molar-refractivity contribution is -0.115. The number of benzene rings is 5. The molecule has 1 heterocycles. The zero-order valence-corrected chi connectivity index (χ0v) is 25.3. The second-order valence-electron chi connectivity index (χ2n) is 10.0. The van der Waals surface area contributed by atoms with E-state index in [-0.39, 0.29) is 11.8 Å². The van der Waals surface area contributed by atoms with Gasteiger partial charge in [0, 0.05) is 27.4 Å². The fraction of sp³-hybridized carbons (Fsp3) is 0.0833. The quantitative estimate of drug-likeness (QED) is 0.150. The summed E-state index contributed by atoms with van der Waals surface area (Å²) in [6.07, 6.45) is 0. The number of carbonyl (C=O) groups is 2. The smallest absolute Gasteiger partial charge is 0.255 e. The molecule has 0 spiro atoms. The molecule has 0 saturated heterocycles. The highest BCUT2D eigenvalue weighted by Gasteiger charge is 2.23. The molecule has 2 N–H and O–H groups in total. The third kappa shape index (κ3) is 6.84. The third-order valence-electron chi connectivity index (χ3n) is 7.03. The topological polar surface area (TPSA) is 103 Å². The standard InChI is InChI=1S/C36H29N3O5S/c1-42-31-20-17-25(21-32(31)43-2)34(40)38-27-11-8-12-28(22-27)45-33(23-9-4-3-5-10-23)35(41)37-26-18-15-24(16-19-26)36-39-29-13-6-7-14-30(29)44-36/h3-22,33H,1-2H3,(H,37,41)(H,38,40). The number of carbonyl (C=O) groups excluding carboxylic acids is 2. The molecule has 0 saturated carbocycles. The number of ether oxygens (including phenoxy) is 2. The summed E-state index contributed by atoms with van der Waals surface area (Å²) in [6.45, 7) is 0. The Morgan fingerprint density at radius 1 is 0.733 bits per heavy atom. The molecule has 45 heavy (non-hydrogen) atoms. The van der Waals surface area contributed by atoms with E-state index >= 15 is 0 Å². The number of para-hydroxylation sites is 2. The van der Waals surface area contributed by atoms with E-state index in [0.717, 1.165) is 27.1 Å². The molecule has 1 atom stereocenters. The molecule has 0 aliphatic carbocycles. The fourth-order valence-corrected chi connectivity index (χ4v) is 5.85. The summed E-state index contributed by atoms with van der Waals surface area (Å²) in [4.78, 5) is 32.1. The summed E-state index contributed by atoms with van der Waals surface area (Å²) in [5, 5.41) is 5.43. The second-order valence-corrected chi connectivity index (χ2v) is 11.2. The van der Waals surface area contributed by atoms with Crippen LogP contribution < -0.4 is 20.1 Å². The van der Waals surface area contributed by atoms with Crippen molar-refractivity contribution in [3.05, 3.63) is 132 Å². The number of fused-ring (bicyclic) bond motifs is 1. The first kappa shape index (κ1) is 29.5. The summed E-state index contributed by atoms with van der Waals surface area (Å²) >= 11 is 1.39. The van der Waals surface area contributed by atoms with Gasteiger partial charge in [0.05, 0.1) is 14.2 Å². The van der Waals surface area contributed by atoms with Crippen molar-refractivity contribution < 1.29 is 23.5 Å². The van der Waals surface area contributed by atoms with Gasteiger partial charge in [-0.25, -0.2) is 4.98 Å². The minimum atomic E-state index is -0.556. The van der Waals surface area contributed by atoms with Crippen LogP contribution in [0.4, 0.5) is 11.4 Å². The van der Waals surface area contributed by atoms with Crippen LogP contribution in [0.1, 0.15) is 21.2 Å². The first-order chi connectivity index (χ1) is 22.0. The first-order valence-corrected chi connectivity index (χ1v) is 15.0. The van der Waals surface area contributed by atoms with Crippen molar-refractivity contribution in [2.24, 2.45) is 0 Å². The average Bonchev–Trinajstić information content (AvgIpc) is 3.52. The maximum Gasteiger partial charge on any atom is 0.255 e. The fourth-order valence-electron chi connectivity index (χ4n) is 4.76. The number of thioether (sulfide) groups is 1. The van der Waals surface area contributed by atoms with E-state index in [4.69, 9.17) is 13.9 Å². The third-order valence-corrected chi connectivity index (χ3v) is 8.27. The number of nitrogens with one attached hydrogen (secondary N) is 2. The van der Waals surface area contributed by atoms with E-state index in [0.29, 0.717) is 34.3 Å². The molecule has 0 bridgehead atoms. The maximum absolute atomic E-state index is 13.7. The predicted octanol–water partition coefficient (Wildman–Crippen LogP) is 8.24. The van der Waals surface area contributed by atoms with Crippen molar-refractivity contribution in [1.82, 2.24) is 4.98 Å². The SMILES string of the molecule is COc1ccc(C(=O)Nc2cccc(SC(C(=O)Nc3ccc(-c4nc5ccccc5o4)cc3)c3ccccc3)c2)cc1OC. The van der Waals surface area contributed by atoms with Gasteiger partial charge in [-0.15, -0.1) is 11.8 Å². The van der Waals surface area contributed by atoms with Crippen molar-refractivity contribution >= 4 is 46.1 Å². The van der Waals surface area contributed by atoms with Crippen molar-refractivity contribution in [3.63, 3.8) is 0 Å². The molecule has 0 fully saturated rings. The van der Waals surface area contributed by atoms with Crippen molar-refractivity contribution in [2.75, 3.05) is 24.9 Å². The monoisotopic (exact) mass is 615 g/mol. The zero-order chi connectivity index (χ0) is 31.2. The number of aromatic nitrogens is 1. The van der Waals surface area contributed by atoms with Crippen LogP contribution in [-0.2, 0) is 4.79 Å². The van der Waals surface area contributed by atoms with E-state index in [1.165, 1.54) is 18.9 Å². The number of anilines is 2. The molecule has 6 aromatic rings. The predicted molar refractivity (Wildman–Crippen MR) is 177 cm³/mol. The Morgan fingerprint density at radius 3 is 2.24 bits per heavy atom. The Labute approximate surface area is 264 Å². The number of amides is 2. The van der Waals surface area contributed by atoms with Crippen LogP contribution in [0.3, 0.4) is 0 Å². The molecule has 1 aromatic heterocycles. The van der Waals surface area contributed by atoms with Gasteiger partial charge in [-0.2, -0.15) is 0 Å². The first-order valence-electron chi connectivity index (χ1n) is 14.1. The van der Waals surface area contributed by atoms with Gasteiger partial charge in [-0.05, 0) is 78.4 Å². The number of oxazole rings is 1. The minimum absolute atomic E-state index is 0.180. The average molecular weight is 616 g/mol. The molecule has 1 unspecified atom stereocenters. The molecule has 2 amide bonds. The molecular formula is C36H29N3O5S. The normalized spacial score (nSPS) is 11.5. The highest BCUT2D eigenvalue weighted by molar-refractivity contribution is 8.00. The molecule has 6 rings (SSSR count). The lowest BCUT2D eigenvalue weighted by Gasteiger charge is -2.18. The van der Waals surface area contributed by atoms with E-state index < -0.39 is 5.25 Å². The van der Waals surface area contributed by atoms with Gasteiger partial charge in [0.1, 0.15) is 10.8 Å². The summed E-state index contributed by atoms with van der Waals surface area (Å²) < 4.78 is 16.5. The minimum Gasteiger partial charge on any atom is -0.493 e. The molecular weight excluding hydrogens is 586 g/mol. The molecule has 0 radical (unpaired) electrons. The van der Waals surface area contributed by atoms with Gasteiger partial charge < -0.3 is 24.5 Å². The molecule has 0 aliphatic heterocycles. The Kier molecular flexibility index (Phi) is 8.79. The van der Waals surface area contributed by atoms with Gasteiger partial charge in [0.25, 0.3) is 5.91 Å². The largest absolute Gasteiger partial charge is 0.493 e. The molecule has 224 valence electrons. The van der Waals surface area contributed by atoms with Crippen molar-refractivity contribution in [1.29, 1.82) is 0 Å². The Hall–Kier alpha value is -5.54. The molecule has 5 aromatic carbocycles. The van der Waals surface area contributed by atoms with Gasteiger partial charge in [0.2, 0.25) is 11.8 Å². The van der Waals surface area contributed by atoms with Crippen LogP contribution in [-0.4, -0.2) is 31.0 Å². The van der Waals surface area contributed by atoms with Gasteiger partial charge >= 0.3 is 0 Å². The Balaban J connectivity index is 1.18. The van der Waals surface area contributed by atoms with Gasteiger partial charge in [0.15, 0.2) is 17.1 Å².